The molecule has 0 aromatic rings. The number of hydrogen-bond acceptors (Lipinski definition) is 13. The summed E-state index contributed by atoms with van der Waals surface area (Å²) in [6, 6.07) is -11.0. The van der Waals surface area contributed by atoms with Crippen molar-refractivity contribution in [3.63, 3.8) is 0 Å². The fourth-order valence-corrected chi connectivity index (χ4v) is 15.1. The average Bonchev–Trinajstić information content (AvgIpc) is 0.810. The minimum Gasteiger partial charge on any atom is -0.343 e. The second-order valence-corrected chi connectivity index (χ2v) is 30.8. The van der Waals surface area contributed by atoms with Gasteiger partial charge in [-0.25, -0.2) is 8.78 Å². The van der Waals surface area contributed by atoms with Crippen molar-refractivity contribution in [2.45, 2.75) is 230 Å². The van der Waals surface area contributed by atoms with E-state index in [9.17, 15) is 60.3 Å². The van der Waals surface area contributed by atoms with E-state index < -0.39 is 200 Å². The van der Waals surface area contributed by atoms with Crippen molar-refractivity contribution in [1.82, 2.24) is 64.9 Å². The molecular formula is C70H115ClF5N13O12. The van der Waals surface area contributed by atoms with Crippen LogP contribution in [0, 0.1) is 35.5 Å². The third-order valence-corrected chi connectivity index (χ3v) is 22.0. The summed E-state index contributed by atoms with van der Waals surface area (Å²) in [5, 5.41) is 7.01. The van der Waals surface area contributed by atoms with Gasteiger partial charge in [0.2, 0.25) is 70.9 Å². The molecule has 101 heavy (non-hydrogen) atoms. The molecule has 12 atom stereocenters. The van der Waals surface area contributed by atoms with Crippen molar-refractivity contribution in [3.8, 4) is 0 Å². The first kappa shape index (κ1) is 85.2. The molecule has 0 bridgehead atoms. The van der Waals surface area contributed by atoms with Gasteiger partial charge < -0.3 is 60.0 Å². The minimum atomic E-state index is -4.57. The molecule has 3 unspecified atom stereocenters. The molecule has 5 aliphatic rings. The highest BCUT2D eigenvalue weighted by atomic mass is 35.5. The van der Waals surface area contributed by atoms with Gasteiger partial charge in [-0.05, 0) is 107 Å². The Hall–Kier alpha value is -6.46. The van der Waals surface area contributed by atoms with E-state index in [1.54, 1.807) is 46.4 Å². The normalized spacial score (nSPS) is 29.3. The summed E-state index contributed by atoms with van der Waals surface area (Å²) in [7, 11) is 10.7. The number of nitrogens with zero attached hydrogens (tertiary/aromatic N) is 10. The maximum atomic E-state index is 15.3. The maximum Gasteiger partial charge on any atom is 0.393 e. The average molecular weight is 1460 g/mol. The van der Waals surface area contributed by atoms with Gasteiger partial charge in [0.25, 0.3) is 5.92 Å². The summed E-state index contributed by atoms with van der Waals surface area (Å²) >= 11 is 6.38. The summed E-state index contributed by atoms with van der Waals surface area (Å²) in [4.78, 5) is 189. The van der Waals surface area contributed by atoms with Crippen molar-refractivity contribution in [2.75, 3.05) is 109 Å². The summed E-state index contributed by atoms with van der Waals surface area (Å²) < 4.78 is 70.9. The minimum absolute atomic E-state index is 0.0166. The molecule has 2 saturated carbocycles. The Morgan fingerprint density at radius 3 is 1.73 bits per heavy atom. The van der Waals surface area contributed by atoms with E-state index in [1.165, 1.54) is 73.1 Å². The maximum absolute atomic E-state index is 15.3. The van der Waals surface area contributed by atoms with Crippen LogP contribution in [0.5, 0.6) is 0 Å². The van der Waals surface area contributed by atoms with Gasteiger partial charge >= 0.3 is 6.18 Å². The molecule has 3 heterocycles. The second-order valence-electron chi connectivity index (χ2n) is 30.2. The Morgan fingerprint density at radius 2 is 1.17 bits per heavy atom. The first-order valence-electron chi connectivity index (χ1n) is 36.2. The van der Waals surface area contributed by atoms with Gasteiger partial charge in [-0.1, -0.05) is 80.1 Å². The summed E-state index contributed by atoms with van der Waals surface area (Å²) in [5.74, 6) is -15.7. The molecule has 12 amide bonds. The lowest BCUT2D eigenvalue weighted by molar-refractivity contribution is -0.182. The monoisotopic (exact) mass is 1460 g/mol. The number of alkyl halides is 6. The van der Waals surface area contributed by atoms with E-state index >= 15 is 19.2 Å². The Bertz CT molecular complexity index is 2900. The number of hydrogen-bond donors (Lipinski definition) is 3. The number of likely N-dealkylation sites (tertiary alicyclic amines) is 2. The van der Waals surface area contributed by atoms with Gasteiger partial charge in [0.05, 0.1) is 45.1 Å². The summed E-state index contributed by atoms with van der Waals surface area (Å²) in [5.41, 5.74) is 0. The van der Waals surface area contributed by atoms with Crippen molar-refractivity contribution in [1.29, 1.82) is 0 Å². The lowest BCUT2D eigenvalue weighted by Gasteiger charge is -2.41. The van der Waals surface area contributed by atoms with Crippen molar-refractivity contribution >= 4 is 82.5 Å². The number of carbonyl (C=O) groups excluding carboxylic acids is 12. The van der Waals surface area contributed by atoms with Crippen LogP contribution < -0.4 is 16.0 Å². The quantitative estimate of drug-likeness (QED) is 0.156. The molecule has 5 fully saturated rings. The molecule has 25 nitrogen and oxygen atoms in total. The van der Waals surface area contributed by atoms with Gasteiger partial charge in [0.1, 0.15) is 48.3 Å². The molecule has 31 heteroatoms. The predicted octanol–water partition coefficient (Wildman–Crippen LogP) is 4.81. The van der Waals surface area contributed by atoms with E-state index in [0.29, 0.717) is 32.4 Å². The van der Waals surface area contributed by atoms with Gasteiger partial charge in [-0.2, -0.15) is 13.2 Å². The van der Waals surface area contributed by atoms with Gasteiger partial charge in [0.15, 0.2) is 0 Å². The van der Waals surface area contributed by atoms with Crippen LogP contribution in [0.25, 0.3) is 0 Å². The number of piperidine rings is 1. The Kier molecular flexibility index (Phi) is 31.9. The highest BCUT2D eigenvalue weighted by molar-refractivity contribution is 6.20. The largest absolute Gasteiger partial charge is 0.393 e. The number of rotatable bonds is 14. The SMILES string of the molecule is CC[C@H](C)[C@@H]1NC(=O)[C@H](C)N(C)C(=O)C[C@@H](C(=O)N2CCCCC2)N(C)C(=O)[C@H](C(C)C)N(C)C(=O)[C@H](CC(C)C)NC(=O)[C@H](CCN2CC(F)(F)C2)N(C)C(=O)[C@H](CCC2CCC(C(F)(F)F)C(Cl)C2)NC(=O)CN(C)C(=O)[C@H](CC2CCCCC2)N(C)C(=O)CN(C)C(=O)CN(C)C1=O. The zero-order valence-corrected chi connectivity index (χ0v) is 62.9. The van der Waals surface area contributed by atoms with Crippen LogP contribution in [0.3, 0.4) is 0 Å². The molecule has 0 aromatic carbocycles. The number of halogens is 6. The molecule has 5 rings (SSSR count). The number of carbonyl (C=O) groups is 12. The van der Waals surface area contributed by atoms with E-state index in [-0.39, 0.29) is 69.7 Å². The standard InChI is InChI=1S/C70H115ClF5N13O12/c1-16-44(6)59-67(100)82(10)38-57(92)80(8)39-58(93)84(12)53(35-46-23-19-17-20-24-46)65(98)81(9)37-55(90)77-50(28-26-47-25-27-48(49(71)34-47)70(74,75)76)63(96)85(13)52(29-32-88-40-69(72,73)41-88)62(95)78-51(33-42(2)3)64(97)87(15)60(43(4)5)68(101)86(14)54(66(99)89-30-21-18-22-31-89)36-56(91)83(11)45(7)61(94)79-59/h42-54,59-60H,16-41H2,1-15H3,(H,77,90)(H,78,95)(H,79,94)/t44-,45-,47?,48?,49?,50-,51-,52-,53-,54-,59-,60-/m0/s1. The summed E-state index contributed by atoms with van der Waals surface area (Å²) in [6.07, 6.45) is 0.923. The van der Waals surface area contributed by atoms with Crippen molar-refractivity contribution < 1.29 is 79.5 Å². The van der Waals surface area contributed by atoms with Crippen LogP contribution in [-0.2, 0) is 57.5 Å². The number of nitrogens with one attached hydrogen (secondary N) is 3. The fourth-order valence-electron chi connectivity index (χ4n) is 14.6. The van der Waals surface area contributed by atoms with Crippen LogP contribution in [0.2, 0.25) is 0 Å². The van der Waals surface area contributed by atoms with Crippen LogP contribution in [0.4, 0.5) is 22.0 Å². The molecule has 0 radical (unpaired) electrons. The molecule has 3 aliphatic heterocycles. The van der Waals surface area contributed by atoms with Crippen LogP contribution in [0.1, 0.15) is 164 Å². The Labute approximate surface area is 598 Å². The molecule has 0 spiro atoms. The topological polar surface area (TPSA) is 273 Å². The first-order valence-corrected chi connectivity index (χ1v) is 36.6. The Morgan fingerprint density at radius 1 is 0.584 bits per heavy atom. The van der Waals surface area contributed by atoms with Gasteiger partial charge in [0, 0.05) is 81.4 Å². The van der Waals surface area contributed by atoms with E-state index in [4.69, 9.17) is 11.6 Å². The molecule has 3 saturated heterocycles. The zero-order chi connectivity index (χ0) is 75.9. The predicted molar refractivity (Wildman–Crippen MR) is 369 cm³/mol. The first-order chi connectivity index (χ1) is 47.1. The molecule has 0 aromatic heterocycles. The lowest BCUT2D eigenvalue weighted by Crippen LogP contribution is -2.62. The third-order valence-electron chi connectivity index (χ3n) is 21.5. The highest BCUT2D eigenvalue weighted by Gasteiger charge is 2.49. The van der Waals surface area contributed by atoms with E-state index in [0.717, 1.165) is 72.8 Å². The second kappa shape index (κ2) is 37.8. The molecule has 574 valence electrons. The van der Waals surface area contributed by atoms with Gasteiger partial charge in [-0.3, -0.25) is 62.4 Å². The summed E-state index contributed by atoms with van der Waals surface area (Å²) in [6.45, 7) is 9.21. The van der Waals surface area contributed by atoms with E-state index in [1.807, 2.05) is 0 Å². The lowest BCUT2D eigenvalue weighted by atomic mass is 9.78. The van der Waals surface area contributed by atoms with Crippen LogP contribution >= 0.6 is 11.6 Å². The molecule has 3 N–H and O–H groups in total. The molecule has 2 aliphatic carbocycles. The van der Waals surface area contributed by atoms with Gasteiger partial charge in [-0.15, -0.1) is 11.6 Å². The number of amides is 12. The van der Waals surface area contributed by atoms with Crippen LogP contribution in [0.15, 0.2) is 0 Å². The Balaban J connectivity index is 1.62. The third kappa shape index (κ3) is 23.5. The van der Waals surface area contributed by atoms with Crippen molar-refractivity contribution in [3.05, 3.63) is 0 Å². The highest BCUT2D eigenvalue weighted by Crippen LogP contribution is 2.44. The smallest absolute Gasteiger partial charge is 0.343 e. The van der Waals surface area contributed by atoms with Crippen LogP contribution in [-0.4, -0.2) is 294 Å². The van der Waals surface area contributed by atoms with Crippen molar-refractivity contribution in [2.24, 2.45) is 35.5 Å². The number of likely N-dealkylation sites (N-methyl/N-ethyl adjacent to an activating group) is 8. The fraction of sp³-hybridized carbons (Fsp3) is 0.829. The zero-order valence-electron chi connectivity index (χ0n) is 62.2. The molecular weight excluding hydrogens is 1350 g/mol. The van der Waals surface area contributed by atoms with E-state index in [2.05, 4.69) is 16.0 Å².